The summed E-state index contributed by atoms with van der Waals surface area (Å²) in [7, 11) is 0. The number of aromatic nitrogens is 4. The van der Waals surface area contributed by atoms with E-state index in [-0.39, 0.29) is 18.1 Å². The number of aromatic amines is 1. The van der Waals surface area contributed by atoms with Crippen LogP contribution in [0.5, 0.6) is 0 Å². The lowest BCUT2D eigenvalue weighted by atomic mass is 10.2. The first kappa shape index (κ1) is 13.8. The van der Waals surface area contributed by atoms with Crippen LogP contribution in [-0.2, 0) is 6.54 Å². The molecule has 2 aromatic heterocycles. The Morgan fingerprint density at radius 2 is 2.29 bits per heavy atom. The Balaban J connectivity index is 2.29. The molecule has 3 rings (SSSR count). The van der Waals surface area contributed by atoms with E-state index in [1.165, 1.54) is 4.57 Å². The minimum Gasteiger partial charge on any atom is -0.347 e. The van der Waals surface area contributed by atoms with Crippen LogP contribution >= 0.6 is 11.6 Å². The number of hydrogen-bond acceptors (Lipinski definition) is 4. The third-order valence-electron chi connectivity index (χ3n) is 3.23. The number of benzene rings is 1. The van der Waals surface area contributed by atoms with Crippen LogP contribution in [0.15, 0.2) is 35.4 Å². The molecule has 1 aromatic carbocycles. The molecule has 0 saturated heterocycles. The minimum absolute atomic E-state index is 0.214. The van der Waals surface area contributed by atoms with Crippen molar-refractivity contribution in [3.05, 3.63) is 57.6 Å². The fourth-order valence-electron chi connectivity index (χ4n) is 2.28. The Bertz CT molecular complexity index is 838. The molecule has 0 amide bonds. The van der Waals surface area contributed by atoms with Crippen LogP contribution in [0.4, 0.5) is 0 Å². The summed E-state index contributed by atoms with van der Waals surface area (Å²) in [5.41, 5.74) is 6.29. The molecule has 108 valence electrons. The van der Waals surface area contributed by atoms with Gasteiger partial charge in [0.1, 0.15) is 11.6 Å². The lowest BCUT2D eigenvalue weighted by Gasteiger charge is -2.15. The number of halogens is 1. The smallest absolute Gasteiger partial charge is 0.263 e. The molecular formula is C14H14ClN5O. The van der Waals surface area contributed by atoms with Gasteiger partial charge in [-0.1, -0.05) is 17.7 Å². The van der Waals surface area contributed by atoms with Crippen molar-refractivity contribution >= 4 is 22.5 Å². The first-order chi connectivity index (χ1) is 10.1. The number of imidazole rings is 1. The maximum absolute atomic E-state index is 12.7. The minimum atomic E-state index is -0.379. The van der Waals surface area contributed by atoms with Crippen molar-refractivity contribution in [1.82, 2.24) is 19.5 Å². The van der Waals surface area contributed by atoms with E-state index >= 15 is 0 Å². The summed E-state index contributed by atoms with van der Waals surface area (Å²) in [4.78, 5) is 24.3. The van der Waals surface area contributed by atoms with Crippen LogP contribution < -0.4 is 11.3 Å². The number of fused-ring (bicyclic) bond motifs is 1. The zero-order valence-electron chi connectivity index (χ0n) is 11.4. The topological polar surface area (TPSA) is 89.6 Å². The van der Waals surface area contributed by atoms with Crippen molar-refractivity contribution in [3.8, 4) is 0 Å². The van der Waals surface area contributed by atoms with E-state index in [4.69, 9.17) is 17.3 Å². The molecule has 0 unspecified atom stereocenters. The number of nitrogens with two attached hydrogens (primary N) is 1. The fraction of sp³-hybridized carbons (Fsp3) is 0.214. The zero-order valence-corrected chi connectivity index (χ0v) is 12.1. The molecule has 6 nitrogen and oxygen atoms in total. The molecule has 0 spiro atoms. The van der Waals surface area contributed by atoms with Gasteiger partial charge in [0.2, 0.25) is 0 Å². The number of hydrogen-bond donors (Lipinski definition) is 2. The zero-order chi connectivity index (χ0) is 15.0. The van der Waals surface area contributed by atoms with E-state index in [0.29, 0.717) is 27.6 Å². The van der Waals surface area contributed by atoms with Crippen LogP contribution in [0.25, 0.3) is 10.9 Å². The van der Waals surface area contributed by atoms with Gasteiger partial charge in [0.15, 0.2) is 0 Å². The molecule has 21 heavy (non-hydrogen) atoms. The van der Waals surface area contributed by atoms with Gasteiger partial charge in [0, 0.05) is 12.4 Å². The molecule has 0 bridgehead atoms. The molecule has 0 saturated carbocycles. The molecular weight excluding hydrogens is 290 g/mol. The Labute approximate surface area is 125 Å². The van der Waals surface area contributed by atoms with E-state index in [1.807, 2.05) is 0 Å². The Hall–Kier alpha value is -2.18. The van der Waals surface area contributed by atoms with Gasteiger partial charge in [0.05, 0.1) is 28.5 Å². The summed E-state index contributed by atoms with van der Waals surface area (Å²) < 4.78 is 1.51. The van der Waals surface area contributed by atoms with E-state index in [9.17, 15) is 4.79 Å². The van der Waals surface area contributed by atoms with Crippen LogP contribution in [0.3, 0.4) is 0 Å². The Kier molecular flexibility index (Phi) is 3.48. The lowest BCUT2D eigenvalue weighted by molar-refractivity contribution is 0.608. The average molecular weight is 304 g/mol. The number of nitrogens with zero attached hydrogens (tertiary/aromatic N) is 3. The first-order valence-corrected chi connectivity index (χ1v) is 6.88. The van der Waals surface area contributed by atoms with Crippen LogP contribution in [0.2, 0.25) is 5.02 Å². The second-order valence-corrected chi connectivity index (χ2v) is 5.23. The van der Waals surface area contributed by atoms with Gasteiger partial charge >= 0.3 is 0 Å². The number of H-pyrrole nitrogens is 1. The Morgan fingerprint density at radius 3 is 2.95 bits per heavy atom. The molecule has 0 aliphatic rings. The van der Waals surface area contributed by atoms with Crippen molar-refractivity contribution < 1.29 is 0 Å². The van der Waals surface area contributed by atoms with Gasteiger partial charge in [-0.05, 0) is 19.1 Å². The van der Waals surface area contributed by atoms with Gasteiger partial charge in [-0.15, -0.1) is 0 Å². The van der Waals surface area contributed by atoms with E-state index in [0.717, 1.165) is 0 Å². The van der Waals surface area contributed by atoms with Crippen LogP contribution in [-0.4, -0.2) is 19.5 Å². The summed E-state index contributed by atoms with van der Waals surface area (Å²) in [5.74, 6) is 1.17. The number of rotatable bonds is 3. The first-order valence-electron chi connectivity index (χ1n) is 6.50. The van der Waals surface area contributed by atoms with Gasteiger partial charge in [-0.3, -0.25) is 9.36 Å². The summed E-state index contributed by atoms with van der Waals surface area (Å²) in [6.45, 7) is 2.06. The van der Waals surface area contributed by atoms with Crippen molar-refractivity contribution in [2.24, 2.45) is 5.73 Å². The molecule has 0 radical (unpaired) electrons. The standard InChI is InChI=1S/C14H14ClN5O/c1-8(16)13-19-10-4-2-3-9(15)12(10)14(21)20(13)7-11-17-5-6-18-11/h2-6,8H,7,16H2,1H3,(H,17,18)/t8-/m0/s1. The predicted molar refractivity (Wildman–Crippen MR) is 81.3 cm³/mol. The third kappa shape index (κ3) is 2.43. The van der Waals surface area contributed by atoms with E-state index in [2.05, 4.69) is 15.0 Å². The van der Waals surface area contributed by atoms with Gasteiger partial charge in [-0.2, -0.15) is 0 Å². The van der Waals surface area contributed by atoms with Crippen molar-refractivity contribution in [1.29, 1.82) is 0 Å². The highest BCUT2D eigenvalue weighted by atomic mass is 35.5. The maximum Gasteiger partial charge on any atom is 0.263 e. The van der Waals surface area contributed by atoms with Crippen molar-refractivity contribution in [2.45, 2.75) is 19.5 Å². The normalized spacial score (nSPS) is 12.7. The summed E-state index contributed by atoms with van der Waals surface area (Å²) in [6.07, 6.45) is 3.33. The molecule has 0 fully saturated rings. The summed E-state index contributed by atoms with van der Waals surface area (Å²) >= 11 is 6.14. The second-order valence-electron chi connectivity index (χ2n) is 4.82. The molecule has 0 aliphatic carbocycles. The molecule has 3 N–H and O–H groups in total. The predicted octanol–water partition coefficient (Wildman–Crippen LogP) is 1.84. The third-order valence-corrected chi connectivity index (χ3v) is 3.55. The SMILES string of the molecule is C[C@H](N)c1nc2cccc(Cl)c2c(=O)n1Cc1ncc[nH]1. The van der Waals surface area contributed by atoms with Crippen molar-refractivity contribution in [3.63, 3.8) is 0 Å². The summed E-state index contributed by atoms with van der Waals surface area (Å²) in [6, 6.07) is 4.82. The summed E-state index contributed by atoms with van der Waals surface area (Å²) in [5, 5.41) is 0.782. The fourth-order valence-corrected chi connectivity index (χ4v) is 2.53. The highest BCUT2D eigenvalue weighted by Gasteiger charge is 2.16. The quantitative estimate of drug-likeness (QED) is 0.772. The highest BCUT2D eigenvalue weighted by Crippen LogP contribution is 2.20. The molecule has 7 heteroatoms. The Morgan fingerprint density at radius 1 is 1.48 bits per heavy atom. The second kappa shape index (κ2) is 5.31. The molecule has 2 heterocycles. The van der Waals surface area contributed by atoms with Crippen LogP contribution in [0.1, 0.15) is 24.6 Å². The number of nitrogens with one attached hydrogen (secondary N) is 1. The van der Waals surface area contributed by atoms with Gasteiger partial charge in [-0.25, -0.2) is 9.97 Å². The molecule has 0 aliphatic heterocycles. The highest BCUT2D eigenvalue weighted by molar-refractivity contribution is 6.35. The monoisotopic (exact) mass is 303 g/mol. The van der Waals surface area contributed by atoms with Crippen molar-refractivity contribution in [2.75, 3.05) is 0 Å². The van der Waals surface area contributed by atoms with E-state index < -0.39 is 0 Å². The average Bonchev–Trinajstić information content (AvgIpc) is 2.94. The van der Waals surface area contributed by atoms with Gasteiger partial charge < -0.3 is 10.7 Å². The van der Waals surface area contributed by atoms with Gasteiger partial charge in [0.25, 0.3) is 5.56 Å². The molecule has 3 aromatic rings. The maximum atomic E-state index is 12.7. The van der Waals surface area contributed by atoms with Crippen LogP contribution in [0, 0.1) is 0 Å². The van der Waals surface area contributed by atoms with E-state index in [1.54, 1.807) is 37.5 Å². The largest absolute Gasteiger partial charge is 0.347 e. The lowest BCUT2D eigenvalue weighted by Crippen LogP contribution is -2.29. The molecule has 1 atom stereocenters.